The van der Waals surface area contributed by atoms with Crippen molar-refractivity contribution in [2.24, 2.45) is 31.9 Å². The second-order valence-electron chi connectivity index (χ2n) is 33.0. The Kier molecular flexibility index (Phi) is 83.8. The van der Waals surface area contributed by atoms with Gasteiger partial charge in [-0.3, -0.25) is 33.6 Å². The highest BCUT2D eigenvalue weighted by Gasteiger charge is 2.30. The quantitative estimate of drug-likeness (QED) is 0.0159. The number of amides is 7. The zero-order valence-electron chi connectivity index (χ0n) is 73.7. The van der Waals surface area contributed by atoms with Crippen molar-refractivity contribution in [3.05, 3.63) is 0 Å². The van der Waals surface area contributed by atoms with E-state index < -0.39 is 65.5 Å². The summed E-state index contributed by atoms with van der Waals surface area (Å²) in [5.41, 5.74) is 22.4. The minimum atomic E-state index is -1.38. The molecule has 0 saturated heterocycles. The van der Waals surface area contributed by atoms with Gasteiger partial charge in [-0.1, -0.05) is 394 Å². The van der Waals surface area contributed by atoms with Crippen molar-refractivity contribution in [3.63, 3.8) is 0 Å². The van der Waals surface area contributed by atoms with Crippen LogP contribution >= 0.6 is 0 Å². The summed E-state index contributed by atoms with van der Waals surface area (Å²) in [6.07, 6.45) is 85.9. The Hall–Kier alpha value is -5.11. The van der Waals surface area contributed by atoms with Crippen molar-refractivity contribution < 1.29 is 33.6 Å². The van der Waals surface area contributed by atoms with E-state index >= 15 is 0 Å². The minimum Gasteiger partial charge on any atom is -0.344 e. The highest BCUT2D eigenvalue weighted by atomic mass is 16.2. The maximum absolute atomic E-state index is 14.6. The van der Waals surface area contributed by atoms with Gasteiger partial charge in [-0.2, -0.15) is 20.4 Å². The van der Waals surface area contributed by atoms with Crippen LogP contribution in [-0.4, -0.2) is 96.9 Å². The average Bonchev–Trinajstić information content (AvgIpc) is 0.875. The fraction of sp³-hybridized carbons (Fsp3) is 0.882. The number of hydrogen-bond donors (Lipinski definition) is 9. The molecule has 0 spiro atoms. The molecule has 7 amide bonds. The molecule has 11 N–H and O–H groups in total. The van der Waals surface area contributed by atoms with Crippen LogP contribution in [-0.2, 0) is 33.6 Å². The van der Waals surface area contributed by atoms with E-state index in [0.717, 1.165) is 70.6 Å². The van der Waals surface area contributed by atoms with Crippen molar-refractivity contribution in [2.75, 3.05) is 6.54 Å². The number of nitrogens with one attached hydrogen (secondary N) is 7. The van der Waals surface area contributed by atoms with E-state index in [9.17, 15) is 33.6 Å². The van der Waals surface area contributed by atoms with Crippen LogP contribution in [0.4, 0.5) is 0 Å². The van der Waals surface area contributed by atoms with Gasteiger partial charge in [-0.05, 0) is 90.0 Å². The van der Waals surface area contributed by atoms with Gasteiger partial charge in [0.25, 0.3) is 11.8 Å². The molecule has 113 heavy (non-hydrogen) atoms. The van der Waals surface area contributed by atoms with Gasteiger partial charge in [0, 0.05) is 44.1 Å². The van der Waals surface area contributed by atoms with Crippen LogP contribution in [0.2, 0.25) is 0 Å². The normalized spacial score (nSPS) is 12.8. The first-order chi connectivity index (χ1) is 55.4. The third kappa shape index (κ3) is 77.9. The van der Waals surface area contributed by atoms with Crippen molar-refractivity contribution in [1.29, 1.82) is 0 Å². The summed E-state index contributed by atoms with van der Waals surface area (Å²) in [7, 11) is 0. The summed E-state index contributed by atoms with van der Waals surface area (Å²) in [4.78, 5) is 96.8. The number of nitrogens with two attached hydrogens (primary N) is 2. The molecule has 0 unspecified atom stereocenters. The number of unbranched alkanes of at least 4 members (excludes halogenated alkanes) is 61. The van der Waals surface area contributed by atoms with Crippen LogP contribution in [0.1, 0.15) is 496 Å². The molecule has 0 fully saturated rings. The molecular formula is C93H179N13O7. The van der Waals surface area contributed by atoms with Gasteiger partial charge >= 0.3 is 0 Å². The average molecular weight is 1590 g/mol. The van der Waals surface area contributed by atoms with Crippen LogP contribution in [0.5, 0.6) is 0 Å². The summed E-state index contributed by atoms with van der Waals surface area (Å²) >= 11 is 0. The molecule has 0 aliphatic heterocycles. The van der Waals surface area contributed by atoms with E-state index in [1.165, 1.54) is 321 Å². The lowest BCUT2D eigenvalue weighted by atomic mass is 10.0. The molecular weight excluding hydrogens is 1410 g/mol. The van der Waals surface area contributed by atoms with Gasteiger partial charge in [0.15, 0.2) is 0 Å². The van der Waals surface area contributed by atoms with Gasteiger partial charge in [-0.15, -0.1) is 0 Å². The summed E-state index contributed by atoms with van der Waals surface area (Å²) in [5, 5.41) is 25.0. The van der Waals surface area contributed by atoms with E-state index in [1.807, 2.05) is 0 Å². The first-order valence-corrected chi connectivity index (χ1v) is 48.0. The molecule has 0 aliphatic rings. The lowest BCUT2D eigenvalue weighted by Gasteiger charge is -2.24. The van der Waals surface area contributed by atoms with Crippen molar-refractivity contribution in [1.82, 2.24) is 37.7 Å². The molecule has 658 valence electrons. The number of nitrogens with zero attached hydrogens (tertiary/aromatic N) is 4. The Morgan fingerprint density at radius 2 is 0.451 bits per heavy atom. The first kappa shape index (κ1) is 108. The number of rotatable bonds is 88. The first-order valence-electron chi connectivity index (χ1n) is 48.0. The predicted molar refractivity (Wildman–Crippen MR) is 479 cm³/mol. The van der Waals surface area contributed by atoms with Crippen LogP contribution < -0.4 is 49.1 Å². The largest absolute Gasteiger partial charge is 0.344 e. The number of hydrazone groups is 4. The highest BCUT2D eigenvalue weighted by molar-refractivity contribution is 5.94. The fourth-order valence-electron chi connectivity index (χ4n) is 14.5. The molecule has 4 atom stereocenters. The molecule has 0 radical (unpaired) electrons. The monoisotopic (exact) mass is 1590 g/mol. The Morgan fingerprint density at radius 3 is 0.708 bits per heavy atom. The van der Waals surface area contributed by atoms with Crippen molar-refractivity contribution >= 4 is 66.2 Å². The predicted octanol–water partition coefficient (Wildman–Crippen LogP) is 22.7. The van der Waals surface area contributed by atoms with Crippen LogP contribution in [0, 0.1) is 0 Å². The van der Waals surface area contributed by atoms with Gasteiger partial charge in [-0.25, -0.2) is 21.7 Å². The van der Waals surface area contributed by atoms with Crippen LogP contribution in [0.3, 0.4) is 0 Å². The van der Waals surface area contributed by atoms with Gasteiger partial charge in [0.1, 0.15) is 18.1 Å². The van der Waals surface area contributed by atoms with E-state index in [1.54, 1.807) is 24.9 Å². The standard InChI is InChI=1S/C93H179N13O7/c1-5-9-13-17-21-25-29-33-37-41-45-49-53-57-61-67-79-96-103-88(108)76-73-85(92(112)105-98-81-69-63-59-55-51-47-43-39-35-31-27-23-19-15-11-7-3)100-87(107)75-72-84(101-90(110)83(95)71-65-66-78-94)91(111)102-86(93(113)106-99-82-70-64-60-56-52-48-44-40-36-32-28-24-20-16-12-8-4)74-77-89(109)104-97-80-68-62-58-54-50-46-42-38-34-30-26-22-18-14-10-6-2/h79-86H,5-78,94-95H2,1-4H3,(H,100,107)(H,101,110)(H,102,111)(H,103,108)(H,104,109)(H,105,112)(H,106,113)/b96-79+,97-80+,98-81+,99-82+/t83-,84-,85-,86-/m0/s1. The molecule has 0 aromatic rings. The van der Waals surface area contributed by atoms with E-state index in [-0.39, 0.29) is 44.9 Å². The summed E-state index contributed by atoms with van der Waals surface area (Å²) in [5.74, 6) is -4.24. The molecule has 0 heterocycles. The summed E-state index contributed by atoms with van der Waals surface area (Å²) in [6.45, 7) is 9.46. The molecule has 0 saturated carbocycles. The van der Waals surface area contributed by atoms with Gasteiger partial charge < -0.3 is 27.4 Å². The van der Waals surface area contributed by atoms with Gasteiger partial charge in [0.05, 0.1) is 6.04 Å². The third-order valence-corrected chi connectivity index (χ3v) is 22.0. The smallest absolute Gasteiger partial charge is 0.262 e. The van der Waals surface area contributed by atoms with Gasteiger partial charge in [0.2, 0.25) is 29.5 Å². The maximum atomic E-state index is 14.6. The van der Waals surface area contributed by atoms with E-state index in [2.05, 4.69) is 85.8 Å². The highest BCUT2D eigenvalue weighted by Crippen LogP contribution is 2.20. The summed E-state index contributed by atoms with van der Waals surface area (Å²) < 4.78 is 0. The number of hydrogen-bond acceptors (Lipinski definition) is 13. The summed E-state index contributed by atoms with van der Waals surface area (Å²) in [6, 6.07) is -4.88. The Balaban J connectivity index is 6.10. The maximum Gasteiger partial charge on any atom is 0.262 e. The Bertz CT molecular complexity index is 2310. The Labute approximate surface area is 692 Å². The number of carbonyl (C=O) groups excluding carboxylic acids is 7. The second kappa shape index (κ2) is 87.7. The SMILES string of the molecule is CCCCCCCCCCCCCCCCC/C=N/NC(=O)CC[C@H](NC(=O)CC[C@H](NC(=O)[C@@H](N)CCCCN)C(=O)N[C@@H](CCC(=O)N/N=C/CCCCCCCCCCCCCCCCC)C(=O)N/N=C/CCCCCCCCCCCCCCCCC)C(=O)N/N=C/CCCCCCCCCCCCCCCCC. The van der Waals surface area contributed by atoms with Crippen LogP contribution in [0.25, 0.3) is 0 Å². The van der Waals surface area contributed by atoms with E-state index in [4.69, 9.17) is 11.5 Å². The molecule has 0 bridgehead atoms. The molecule has 20 nitrogen and oxygen atoms in total. The zero-order chi connectivity index (χ0) is 82.3. The molecule has 0 aromatic heterocycles. The molecule has 0 aliphatic carbocycles. The van der Waals surface area contributed by atoms with Crippen molar-refractivity contribution in [2.45, 2.75) is 521 Å². The molecule has 0 rings (SSSR count). The molecule has 20 heteroatoms. The third-order valence-electron chi connectivity index (χ3n) is 22.0. The topological polar surface area (TPSA) is 305 Å². The fourth-order valence-corrected chi connectivity index (χ4v) is 14.5. The van der Waals surface area contributed by atoms with E-state index in [0.29, 0.717) is 38.6 Å². The van der Waals surface area contributed by atoms with Crippen LogP contribution in [0.15, 0.2) is 20.4 Å². The number of carbonyl (C=O) groups is 7. The van der Waals surface area contributed by atoms with Crippen molar-refractivity contribution in [3.8, 4) is 0 Å². The second-order valence-corrected chi connectivity index (χ2v) is 33.0. The minimum absolute atomic E-state index is 0.0813. The zero-order valence-corrected chi connectivity index (χ0v) is 73.7. The Morgan fingerprint density at radius 1 is 0.239 bits per heavy atom. The lowest BCUT2D eigenvalue weighted by Crippen LogP contribution is -2.56. The lowest BCUT2D eigenvalue weighted by molar-refractivity contribution is -0.133. The molecule has 0 aromatic carbocycles.